The highest BCUT2D eigenvalue weighted by Crippen LogP contribution is 2.08. The molecular weight excluding hydrogens is 218 g/mol. The molecule has 1 unspecified atom stereocenters. The molecule has 1 rings (SSSR count). The van der Waals surface area contributed by atoms with Gasteiger partial charge in [0.2, 0.25) is 0 Å². The lowest BCUT2D eigenvalue weighted by Gasteiger charge is -2.37. The molecule has 0 radical (unpaired) electrons. The van der Waals surface area contributed by atoms with E-state index in [1.807, 2.05) is 4.90 Å². The summed E-state index contributed by atoms with van der Waals surface area (Å²) in [6, 6.07) is 0.652. The minimum absolute atomic E-state index is 0.0332. The summed E-state index contributed by atoms with van der Waals surface area (Å²) in [7, 11) is 1.64. The summed E-state index contributed by atoms with van der Waals surface area (Å²) in [5, 5.41) is 2.85. The molecule has 100 valence electrons. The molecular formula is C12H25N3O2. The van der Waals surface area contributed by atoms with Crippen LogP contribution in [0.15, 0.2) is 0 Å². The average Bonchev–Trinajstić information content (AvgIpc) is 2.38. The van der Waals surface area contributed by atoms with Crippen LogP contribution in [0, 0.1) is 0 Å². The van der Waals surface area contributed by atoms with Crippen LogP contribution in [-0.2, 0) is 4.74 Å². The average molecular weight is 243 g/mol. The number of rotatable bonds is 5. The molecule has 17 heavy (non-hydrogen) atoms. The van der Waals surface area contributed by atoms with E-state index in [0.29, 0.717) is 19.2 Å². The van der Waals surface area contributed by atoms with Crippen molar-refractivity contribution in [1.82, 2.24) is 15.1 Å². The van der Waals surface area contributed by atoms with Gasteiger partial charge in [-0.25, -0.2) is 4.79 Å². The molecule has 1 fully saturated rings. The maximum absolute atomic E-state index is 11.8. The smallest absolute Gasteiger partial charge is 0.317 e. The summed E-state index contributed by atoms with van der Waals surface area (Å²) in [5.74, 6) is 0. The standard InChI is InChI=1S/C12H25N3O2/c1-4-11(2)14-6-8-15(9-7-14)12(16)13-5-10-17-3/h11H,4-10H2,1-3H3,(H,13,16). The van der Waals surface area contributed by atoms with Gasteiger partial charge in [-0.3, -0.25) is 4.90 Å². The summed E-state index contributed by atoms with van der Waals surface area (Å²) in [4.78, 5) is 16.1. The number of nitrogens with one attached hydrogen (secondary N) is 1. The van der Waals surface area contributed by atoms with E-state index in [4.69, 9.17) is 4.74 Å². The Labute approximate surface area is 104 Å². The van der Waals surface area contributed by atoms with Crippen molar-refractivity contribution < 1.29 is 9.53 Å². The number of hydrogen-bond donors (Lipinski definition) is 1. The molecule has 0 saturated carbocycles. The second-order valence-electron chi connectivity index (χ2n) is 4.51. The van der Waals surface area contributed by atoms with E-state index < -0.39 is 0 Å². The van der Waals surface area contributed by atoms with Crippen molar-refractivity contribution in [3.63, 3.8) is 0 Å². The molecule has 5 heteroatoms. The fourth-order valence-corrected chi connectivity index (χ4v) is 2.00. The highest BCUT2D eigenvalue weighted by Gasteiger charge is 2.22. The molecule has 1 saturated heterocycles. The molecule has 0 aromatic heterocycles. The van der Waals surface area contributed by atoms with Crippen LogP contribution < -0.4 is 5.32 Å². The van der Waals surface area contributed by atoms with Crippen molar-refractivity contribution >= 4 is 6.03 Å². The molecule has 1 aliphatic rings. The Kier molecular flexibility index (Phi) is 6.29. The zero-order valence-electron chi connectivity index (χ0n) is 11.2. The number of carbonyl (C=O) groups excluding carboxylic acids is 1. The number of piperazine rings is 1. The van der Waals surface area contributed by atoms with Crippen molar-refractivity contribution in [2.75, 3.05) is 46.4 Å². The van der Waals surface area contributed by atoms with Gasteiger partial charge in [-0.1, -0.05) is 6.92 Å². The first kappa shape index (κ1) is 14.3. The Morgan fingerprint density at radius 2 is 2.00 bits per heavy atom. The lowest BCUT2D eigenvalue weighted by Crippen LogP contribution is -2.53. The summed E-state index contributed by atoms with van der Waals surface area (Å²) >= 11 is 0. The first-order valence-electron chi connectivity index (χ1n) is 6.44. The number of hydrogen-bond acceptors (Lipinski definition) is 3. The molecule has 0 aromatic carbocycles. The van der Waals surface area contributed by atoms with Gasteiger partial charge in [0, 0.05) is 45.9 Å². The molecule has 5 nitrogen and oxygen atoms in total. The lowest BCUT2D eigenvalue weighted by molar-refractivity contribution is 0.110. The first-order valence-corrected chi connectivity index (χ1v) is 6.44. The van der Waals surface area contributed by atoms with Crippen LogP contribution in [0.3, 0.4) is 0 Å². The first-order chi connectivity index (χ1) is 8.19. The van der Waals surface area contributed by atoms with Crippen LogP contribution in [0.4, 0.5) is 4.79 Å². The van der Waals surface area contributed by atoms with Gasteiger partial charge in [0.1, 0.15) is 0 Å². The third kappa shape index (κ3) is 4.52. The SMILES string of the molecule is CCC(C)N1CCN(C(=O)NCCOC)CC1. The van der Waals surface area contributed by atoms with Crippen molar-refractivity contribution in [2.24, 2.45) is 0 Å². The summed E-state index contributed by atoms with van der Waals surface area (Å²) in [6.45, 7) is 9.20. The third-order valence-corrected chi connectivity index (χ3v) is 3.40. The molecule has 1 N–H and O–H groups in total. The third-order valence-electron chi connectivity index (χ3n) is 3.40. The number of carbonyl (C=O) groups is 1. The molecule has 0 aromatic rings. The molecule has 1 aliphatic heterocycles. The Morgan fingerprint density at radius 3 is 2.53 bits per heavy atom. The Hall–Kier alpha value is -0.810. The van der Waals surface area contributed by atoms with Gasteiger partial charge in [0.25, 0.3) is 0 Å². The van der Waals surface area contributed by atoms with Crippen LogP contribution in [0.1, 0.15) is 20.3 Å². The normalized spacial score (nSPS) is 19.1. The van der Waals surface area contributed by atoms with Crippen LogP contribution in [0.5, 0.6) is 0 Å². The van der Waals surface area contributed by atoms with Crippen LogP contribution in [-0.4, -0.2) is 68.3 Å². The van der Waals surface area contributed by atoms with E-state index in [-0.39, 0.29) is 6.03 Å². The number of urea groups is 1. The Morgan fingerprint density at radius 1 is 1.35 bits per heavy atom. The largest absolute Gasteiger partial charge is 0.383 e. The summed E-state index contributed by atoms with van der Waals surface area (Å²) in [6.07, 6.45) is 1.17. The minimum Gasteiger partial charge on any atom is -0.383 e. The molecule has 0 spiro atoms. The van der Waals surface area contributed by atoms with E-state index in [1.54, 1.807) is 7.11 Å². The van der Waals surface area contributed by atoms with E-state index >= 15 is 0 Å². The number of nitrogens with zero attached hydrogens (tertiary/aromatic N) is 2. The lowest BCUT2D eigenvalue weighted by atomic mass is 10.2. The molecule has 1 heterocycles. The number of ether oxygens (including phenoxy) is 1. The van der Waals surface area contributed by atoms with Gasteiger partial charge in [-0.05, 0) is 13.3 Å². The van der Waals surface area contributed by atoms with Gasteiger partial charge < -0.3 is 15.0 Å². The zero-order valence-corrected chi connectivity index (χ0v) is 11.2. The second kappa shape index (κ2) is 7.50. The zero-order chi connectivity index (χ0) is 12.7. The fraction of sp³-hybridized carbons (Fsp3) is 0.917. The van der Waals surface area contributed by atoms with Crippen LogP contribution >= 0.6 is 0 Å². The Balaban J connectivity index is 2.24. The summed E-state index contributed by atoms with van der Waals surface area (Å²) in [5.41, 5.74) is 0. The highest BCUT2D eigenvalue weighted by molar-refractivity contribution is 5.74. The number of amides is 2. The molecule has 1 atom stereocenters. The van der Waals surface area contributed by atoms with Gasteiger partial charge in [-0.15, -0.1) is 0 Å². The van der Waals surface area contributed by atoms with E-state index in [0.717, 1.165) is 26.2 Å². The van der Waals surface area contributed by atoms with Gasteiger partial charge >= 0.3 is 6.03 Å². The van der Waals surface area contributed by atoms with Crippen molar-refractivity contribution in [3.05, 3.63) is 0 Å². The fourth-order valence-electron chi connectivity index (χ4n) is 2.00. The topological polar surface area (TPSA) is 44.8 Å². The van der Waals surface area contributed by atoms with Crippen molar-refractivity contribution in [1.29, 1.82) is 0 Å². The highest BCUT2D eigenvalue weighted by atomic mass is 16.5. The van der Waals surface area contributed by atoms with E-state index in [1.165, 1.54) is 6.42 Å². The van der Waals surface area contributed by atoms with Crippen LogP contribution in [0.2, 0.25) is 0 Å². The van der Waals surface area contributed by atoms with Gasteiger partial charge in [-0.2, -0.15) is 0 Å². The van der Waals surface area contributed by atoms with Crippen molar-refractivity contribution in [3.8, 4) is 0 Å². The number of methoxy groups -OCH3 is 1. The predicted octanol–water partition coefficient (Wildman–Crippen LogP) is 0.759. The van der Waals surface area contributed by atoms with Gasteiger partial charge in [0.05, 0.1) is 6.61 Å². The van der Waals surface area contributed by atoms with E-state index in [2.05, 4.69) is 24.1 Å². The van der Waals surface area contributed by atoms with Gasteiger partial charge in [0.15, 0.2) is 0 Å². The maximum Gasteiger partial charge on any atom is 0.317 e. The molecule has 0 aliphatic carbocycles. The second-order valence-corrected chi connectivity index (χ2v) is 4.51. The predicted molar refractivity (Wildman–Crippen MR) is 68.2 cm³/mol. The quantitative estimate of drug-likeness (QED) is 0.725. The molecule has 0 bridgehead atoms. The molecule has 2 amide bonds. The maximum atomic E-state index is 11.8. The minimum atomic E-state index is 0.0332. The Bertz CT molecular complexity index is 228. The van der Waals surface area contributed by atoms with E-state index in [9.17, 15) is 4.79 Å². The van der Waals surface area contributed by atoms with Crippen molar-refractivity contribution in [2.45, 2.75) is 26.3 Å². The van der Waals surface area contributed by atoms with Crippen LogP contribution in [0.25, 0.3) is 0 Å². The summed E-state index contributed by atoms with van der Waals surface area (Å²) < 4.78 is 4.90. The monoisotopic (exact) mass is 243 g/mol.